The second kappa shape index (κ2) is 8.63. The lowest BCUT2D eigenvalue weighted by atomic mass is 9.83. The predicted octanol–water partition coefficient (Wildman–Crippen LogP) is 3.20. The largest absolute Gasteiger partial charge is 0.480 e. The van der Waals surface area contributed by atoms with Crippen molar-refractivity contribution < 1.29 is 14.6 Å². The number of nitrogens with one attached hydrogen (secondary N) is 1. The van der Waals surface area contributed by atoms with Gasteiger partial charge in [0.15, 0.2) is 0 Å². The molecular formula is C16H31NO3. The van der Waals surface area contributed by atoms with E-state index in [4.69, 9.17) is 4.74 Å². The minimum absolute atomic E-state index is 0.172. The molecule has 0 amide bonds. The van der Waals surface area contributed by atoms with Gasteiger partial charge in [0.1, 0.15) is 5.54 Å². The number of carboxylic acid groups (broad SMARTS) is 1. The fraction of sp³-hybridized carbons (Fsp3) is 0.938. The van der Waals surface area contributed by atoms with Crippen molar-refractivity contribution in [2.75, 3.05) is 13.2 Å². The van der Waals surface area contributed by atoms with Gasteiger partial charge in [0.05, 0.1) is 0 Å². The van der Waals surface area contributed by atoms with Crippen LogP contribution in [0.15, 0.2) is 0 Å². The van der Waals surface area contributed by atoms with E-state index in [-0.39, 0.29) is 6.04 Å². The van der Waals surface area contributed by atoms with Crippen molar-refractivity contribution >= 4 is 5.97 Å². The molecule has 1 rings (SSSR count). The fourth-order valence-electron chi connectivity index (χ4n) is 2.83. The first-order valence-corrected chi connectivity index (χ1v) is 8.09. The number of rotatable bonds is 11. The van der Waals surface area contributed by atoms with Crippen LogP contribution in [0.2, 0.25) is 0 Å². The minimum atomic E-state index is -0.800. The van der Waals surface area contributed by atoms with Gasteiger partial charge in [-0.25, -0.2) is 0 Å². The second-order valence-electron chi connectivity index (χ2n) is 6.34. The summed E-state index contributed by atoms with van der Waals surface area (Å²) in [7, 11) is 0. The quantitative estimate of drug-likeness (QED) is 0.572. The van der Waals surface area contributed by atoms with Crippen LogP contribution < -0.4 is 5.32 Å². The first-order chi connectivity index (χ1) is 9.50. The Kier molecular flexibility index (Phi) is 7.52. The molecule has 0 bridgehead atoms. The molecule has 1 aliphatic rings. The molecule has 1 atom stereocenters. The van der Waals surface area contributed by atoms with Crippen molar-refractivity contribution in [2.24, 2.45) is 5.92 Å². The second-order valence-corrected chi connectivity index (χ2v) is 6.34. The molecule has 1 aliphatic carbocycles. The van der Waals surface area contributed by atoms with Gasteiger partial charge in [-0.05, 0) is 45.4 Å². The van der Waals surface area contributed by atoms with E-state index in [1.54, 1.807) is 0 Å². The van der Waals surface area contributed by atoms with Crippen LogP contribution in [0.1, 0.15) is 65.7 Å². The zero-order valence-electron chi connectivity index (χ0n) is 13.3. The smallest absolute Gasteiger partial charge is 0.323 e. The summed E-state index contributed by atoms with van der Waals surface area (Å²) in [5.74, 6) is 0.134. The average Bonchev–Trinajstić information content (AvgIpc) is 2.33. The highest BCUT2D eigenvalue weighted by molar-refractivity contribution is 5.78. The highest BCUT2D eigenvalue weighted by Crippen LogP contribution is 2.29. The van der Waals surface area contributed by atoms with E-state index in [1.807, 2.05) is 20.8 Å². The molecule has 1 unspecified atom stereocenters. The minimum Gasteiger partial charge on any atom is -0.480 e. The van der Waals surface area contributed by atoms with Crippen molar-refractivity contribution in [3.63, 3.8) is 0 Å². The molecule has 0 aromatic rings. The summed E-state index contributed by atoms with van der Waals surface area (Å²) in [5, 5.41) is 12.7. The van der Waals surface area contributed by atoms with Gasteiger partial charge in [0, 0.05) is 19.3 Å². The zero-order chi connectivity index (χ0) is 15.0. The lowest BCUT2D eigenvalue weighted by Gasteiger charge is -2.31. The molecule has 1 fully saturated rings. The monoisotopic (exact) mass is 285 g/mol. The van der Waals surface area contributed by atoms with Crippen LogP contribution in [-0.4, -0.2) is 35.9 Å². The Bertz CT molecular complexity index is 289. The van der Waals surface area contributed by atoms with Gasteiger partial charge in [-0.3, -0.25) is 10.1 Å². The first kappa shape index (κ1) is 17.4. The van der Waals surface area contributed by atoms with E-state index in [2.05, 4.69) is 5.32 Å². The van der Waals surface area contributed by atoms with Gasteiger partial charge in [0.2, 0.25) is 0 Å². The summed E-state index contributed by atoms with van der Waals surface area (Å²) in [5.41, 5.74) is -0.800. The maximum atomic E-state index is 11.5. The van der Waals surface area contributed by atoms with Crippen LogP contribution in [0.3, 0.4) is 0 Å². The molecule has 0 aliphatic heterocycles. The summed E-state index contributed by atoms with van der Waals surface area (Å²) in [6.07, 6.45) is 7.29. The van der Waals surface area contributed by atoms with E-state index in [0.717, 1.165) is 18.9 Å². The average molecular weight is 285 g/mol. The summed E-state index contributed by atoms with van der Waals surface area (Å²) in [4.78, 5) is 11.5. The van der Waals surface area contributed by atoms with E-state index < -0.39 is 11.5 Å². The standard InChI is InChI=1S/C16H31NO3/c1-4-16(15(18)19,17-13(2)3)10-6-11-20-12-9-14-7-5-8-14/h13-14,17H,4-12H2,1-3H3,(H,18,19). The molecule has 0 heterocycles. The Hall–Kier alpha value is -0.610. The first-order valence-electron chi connectivity index (χ1n) is 8.09. The van der Waals surface area contributed by atoms with Gasteiger partial charge >= 0.3 is 5.97 Å². The van der Waals surface area contributed by atoms with Crippen LogP contribution in [0.5, 0.6) is 0 Å². The lowest BCUT2D eigenvalue weighted by Crippen LogP contribution is -2.54. The van der Waals surface area contributed by atoms with Crippen LogP contribution in [0.25, 0.3) is 0 Å². The van der Waals surface area contributed by atoms with Crippen LogP contribution in [-0.2, 0) is 9.53 Å². The van der Waals surface area contributed by atoms with Crippen LogP contribution in [0.4, 0.5) is 0 Å². The normalized spacial score (nSPS) is 18.8. The molecule has 2 N–H and O–H groups in total. The molecule has 118 valence electrons. The Labute approximate surface area is 123 Å². The van der Waals surface area contributed by atoms with Gasteiger partial charge in [0.25, 0.3) is 0 Å². The SMILES string of the molecule is CCC(CCCOCCC1CCC1)(NC(C)C)C(=O)O. The third kappa shape index (κ3) is 5.41. The number of hydrogen-bond donors (Lipinski definition) is 2. The predicted molar refractivity (Wildman–Crippen MR) is 80.9 cm³/mol. The number of carboxylic acids is 1. The summed E-state index contributed by atoms with van der Waals surface area (Å²) in [6.45, 7) is 7.40. The summed E-state index contributed by atoms with van der Waals surface area (Å²) >= 11 is 0. The van der Waals surface area contributed by atoms with Gasteiger partial charge in [-0.1, -0.05) is 26.2 Å². The molecule has 0 saturated heterocycles. The summed E-state index contributed by atoms with van der Waals surface area (Å²) < 4.78 is 5.64. The van der Waals surface area contributed by atoms with E-state index in [1.165, 1.54) is 25.7 Å². The molecule has 1 saturated carbocycles. The van der Waals surface area contributed by atoms with E-state index >= 15 is 0 Å². The number of ether oxygens (including phenoxy) is 1. The maximum Gasteiger partial charge on any atom is 0.323 e. The van der Waals surface area contributed by atoms with Crippen molar-refractivity contribution in [1.82, 2.24) is 5.32 Å². The lowest BCUT2D eigenvalue weighted by molar-refractivity contribution is -0.146. The Morgan fingerprint density at radius 1 is 1.40 bits per heavy atom. The Morgan fingerprint density at radius 2 is 2.10 bits per heavy atom. The highest BCUT2D eigenvalue weighted by Gasteiger charge is 2.36. The maximum absolute atomic E-state index is 11.5. The summed E-state index contributed by atoms with van der Waals surface area (Å²) in [6, 6.07) is 0.172. The molecule has 4 heteroatoms. The van der Waals surface area contributed by atoms with E-state index in [9.17, 15) is 9.90 Å². The van der Waals surface area contributed by atoms with Crippen molar-refractivity contribution in [3.05, 3.63) is 0 Å². The van der Waals surface area contributed by atoms with E-state index in [0.29, 0.717) is 19.4 Å². The molecule has 20 heavy (non-hydrogen) atoms. The van der Waals surface area contributed by atoms with Crippen molar-refractivity contribution in [1.29, 1.82) is 0 Å². The highest BCUT2D eigenvalue weighted by atomic mass is 16.5. The van der Waals surface area contributed by atoms with Crippen molar-refractivity contribution in [2.45, 2.75) is 77.3 Å². The molecule has 0 aromatic carbocycles. The molecule has 4 nitrogen and oxygen atoms in total. The van der Waals surface area contributed by atoms with Gasteiger partial charge in [-0.15, -0.1) is 0 Å². The molecule has 0 spiro atoms. The third-order valence-corrected chi connectivity index (χ3v) is 4.37. The molecule has 0 radical (unpaired) electrons. The van der Waals surface area contributed by atoms with Gasteiger partial charge < -0.3 is 9.84 Å². The molecule has 0 aromatic heterocycles. The molecular weight excluding hydrogens is 254 g/mol. The Morgan fingerprint density at radius 3 is 2.55 bits per heavy atom. The van der Waals surface area contributed by atoms with Crippen LogP contribution >= 0.6 is 0 Å². The number of hydrogen-bond acceptors (Lipinski definition) is 3. The Balaban J connectivity index is 2.21. The van der Waals surface area contributed by atoms with Crippen LogP contribution in [0, 0.1) is 5.92 Å². The number of aliphatic carboxylic acids is 1. The van der Waals surface area contributed by atoms with Crippen molar-refractivity contribution in [3.8, 4) is 0 Å². The van der Waals surface area contributed by atoms with Gasteiger partial charge in [-0.2, -0.15) is 0 Å². The fourth-order valence-corrected chi connectivity index (χ4v) is 2.83. The number of carbonyl (C=O) groups is 1. The third-order valence-electron chi connectivity index (χ3n) is 4.37. The zero-order valence-corrected chi connectivity index (χ0v) is 13.3. The topological polar surface area (TPSA) is 58.6 Å².